The Morgan fingerprint density at radius 1 is 0.742 bits per heavy atom. The third kappa shape index (κ3) is 6.42. The Labute approximate surface area is 185 Å². The highest BCUT2D eigenvalue weighted by Gasteiger charge is 2.50. The quantitative estimate of drug-likeness (QED) is 0.457. The molecule has 10 atom stereocenters. The molecule has 0 aromatic carbocycles. The van der Waals surface area contributed by atoms with Crippen LogP contribution in [0.3, 0.4) is 0 Å². The monoisotopic (exact) mass is 442 g/mol. The van der Waals surface area contributed by atoms with Gasteiger partial charge in [0.2, 0.25) is 0 Å². The van der Waals surface area contributed by atoms with Gasteiger partial charge >= 0.3 is 17.9 Å². The number of hydrogen-bond acceptors (Lipinski definition) is 8. The van der Waals surface area contributed by atoms with Crippen molar-refractivity contribution in [3.8, 4) is 0 Å². The lowest BCUT2D eigenvalue weighted by Gasteiger charge is -2.48. The Morgan fingerprint density at radius 3 is 1.87 bits per heavy atom. The number of ether oxygens (including phenoxy) is 5. The number of esters is 3. The highest BCUT2D eigenvalue weighted by molar-refractivity contribution is 5.67. The van der Waals surface area contributed by atoms with E-state index in [0.29, 0.717) is 23.7 Å². The molecule has 1 aliphatic carbocycles. The van der Waals surface area contributed by atoms with Gasteiger partial charge in [-0.15, -0.1) is 0 Å². The van der Waals surface area contributed by atoms with E-state index in [4.69, 9.17) is 23.7 Å². The molecule has 2 rings (SSSR count). The molecule has 0 aromatic heterocycles. The number of carbonyl (C=O) groups excluding carboxylic acids is 3. The maximum atomic E-state index is 11.8. The Morgan fingerprint density at radius 2 is 1.32 bits per heavy atom. The summed E-state index contributed by atoms with van der Waals surface area (Å²) < 4.78 is 28.8. The van der Waals surface area contributed by atoms with Crippen molar-refractivity contribution in [1.29, 1.82) is 0 Å². The molecule has 178 valence electrons. The SMILES string of the molecule is CC(=O)OCC1O[C@H](O[C@@H]2C(C)C[C@@H](C)C(C)[C@H]2C)C(C)[C@@H](OC(C)=O)[C@@H]1OC(C)=O. The van der Waals surface area contributed by atoms with E-state index >= 15 is 0 Å². The molecule has 1 aliphatic heterocycles. The van der Waals surface area contributed by atoms with Gasteiger partial charge in [0, 0.05) is 26.7 Å². The lowest BCUT2D eigenvalue weighted by molar-refractivity contribution is -0.310. The van der Waals surface area contributed by atoms with Crippen molar-refractivity contribution >= 4 is 17.9 Å². The van der Waals surface area contributed by atoms with E-state index in [9.17, 15) is 14.4 Å². The fraction of sp³-hybridized carbons (Fsp3) is 0.870. The highest BCUT2D eigenvalue weighted by atomic mass is 16.7. The van der Waals surface area contributed by atoms with Gasteiger partial charge in [0.1, 0.15) is 18.8 Å². The van der Waals surface area contributed by atoms with Gasteiger partial charge in [-0.05, 0) is 30.1 Å². The molecule has 1 saturated heterocycles. The standard InChI is InChI=1S/C23H38O8/c1-11-9-12(2)20(14(4)13(11)3)31-23-15(5)21(28-17(7)25)22(29-18(8)26)19(30-23)10-27-16(6)24/h11-15,19-23H,9-10H2,1-8H3/t11-,12?,13?,14-,15?,19?,20-,21-,22-,23-/m1/s1. The van der Waals surface area contributed by atoms with Crippen LogP contribution in [0.5, 0.6) is 0 Å². The molecule has 0 bridgehead atoms. The van der Waals surface area contributed by atoms with Crippen LogP contribution in [0.4, 0.5) is 0 Å². The molecule has 2 aliphatic rings. The van der Waals surface area contributed by atoms with Crippen LogP contribution in [0.2, 0.25) is 0 Å². The van der Waals surface area contributed by atoms with Crippen LogP contribution in [0.15, 0.2) is 0 Å². The van der Waals surface area contributed by atoms with Crippen LogP contribution in [0, 0.1) is 29.6 Å². The zero-order valence-corrected chi connectivity index (χ0v) is 20.0. The topological polar surface area (TPSA) is 97.4 Å². The molecule has 2 fully saturated rings. The summed E-state index contributed by atoms with van der Waals surface area (Å²) in [5.41, 5.74) is 0. The molecule has 1 saturated carbocycles. The van der Waals surface area contributed by atoms with Crippen molar-refractivity contribution in [1.82, 2.24) is 0 Å². The fourth-order valence-corrected chi connectivity index (χ4v) is 4.91. The van der Waals surface area contributed by atoms with Crippen LogP contribution in [0.25, 0.3) is 0 Å². The molecule has 0 radical (unpaired) electrons. The maximum Gasteiger partial charge on any atom is 0.303 e. The van der Waals surface area contributed by atoms with Gasteiger partial charge in [-0.2, -0.15) is 0 Å². The van der Waals surface area contributed by atoms with E-state index in [-0.39, 0.29) is 12.7 Å². The Hall–Kier alpha value is -1.67. The Kier molecular flexibility index (Phi) is 8.89. The lowest BCUT2D eigenvalue weighted by atomic mass is 9.68. The summed E-state index contributed by atoms with van der Waals surface area (Å²) in [7, 11) is 0. The first kappa shape index (κ1) is 25.6. The second kappa shape index (κ2) is 10.8. The molecular weight excluding hydrogens is 404 g/mol. The summed E-state index contributed by atoms with van der Waals surface area (Å²) >= 11 is 0. The van der Waals surface area contributed by atoms with Crippen molar-refractivity contribution < 1.29 is 38.1 Å². The van der Waals surface area contributed by atoms with Crippen molar-refractivity contribution in [2.75, 3.05) is 6.61 Å². The highest BCUT2D eigenvalue weighted by Crippen LogP contribution is 2.42. The summed E-state index contributed by atoms with van der Waals surface area (Å²) in [5, 5.41) is 0. The minimum atomic E-state index is -0.907. The lowest BCUT2D eigenvalue weighted by Crippen LogP contribution is -2.59. The van der Waals surface area contributed by atoms with Gasteiger partial charge in [-0.3, -0.25) is 14.4 Å². The minimum absolute atomic E-state index is 0.0312. The normalized spacial score (nSPS) is 40.6. The molecule has 0 N–H and O–H groups in total. The Bertz CT molecular complexity index is 649. The van der Waals surface area contributed by atoms with Crippen molar-refractivity contribution in [3.63, 3.8) is 0 Å². The first-order chi connectivity index (χ1) is 14.4. The molecule has 1 heterocycles. The third-order valence-corrected chi connectivity index (χ3v) is 6.84. The number of hydrogen-bond donors (Lipinski definition) is 0. The number of rotatable bonds is 6. The summed E-state index contributed by atoms with van der Waals surface area (Å²) in [6.07, 6.45) is -2.19. The van der Waals surface area contributed by atoms with Crippen LogP contribution in [0.1, 0.15) is 61.8 Å². The van der Waals surface area contributed by atoms with Crippen LogP contribution >= 0.6 is 0 Å². The van der Waals surface area contributed by atoms with E-state index in [1.54, 1.807) is 0 Å². The van der Waals surface area contributed by atoms with Crippen molar-refractivity contribution in [2.45, 2.75) is 92.5 Å². The van der Waals surface area contributed by atoms with E-state index in [2.05, 4.69) is 27.7 Å². The molecule has 31 heavy (non-hydrogen) atoms. The van der Waals surface area contributed by atoms with E-state index < -0.39 is 48.4 Å². The van der Waals surface area contributed by atoms with Gasteiger partial charge in [-0.1, -0.05) is 34.6 Å². The predicted molar refractivity (Wildman–Crippen MR) is 112 cm³/mol. The molecule has 0 spiro atoms. The smallest absolute Gasteiger partial charge is 0.303 e. The zero-order valence-electron chi connectivity index (χ0n) is 20.0. The maximum absolute atomic E-state index is 11.8. The van der Waals surface area contributed by atoms with E-state index in [1.165, 1.54) is 20.8 Å². The minimum Gasteiger partial charge on any atom is -0.463 e. The predicted octanol–water partition coefficient (Wildman–Crippen LogP) is 3.11. The molecule has 8 heteroatoms. The van der Waals surface area contributed by atoms with E-state index in [0.717, 1.165) is 6.42 Å². The summed E-state index contributed by atoms with van der Waals surface area (Å²) in [4.78, 5) is 34.9. The van der Waals surface area contributed by atoms with Gasteiger partial charge in [0.25, 0.3) is 0 Å². The number of carbonyl (C=O) groups is 3. The molecular formula is C23H38O8. The molecule has 0 aromatic rings. The van der Waals surface area contributed by atoms with Crippen LogP contribution < -0.4 is 0 Å². The zero-order chi connectivity index (χ0) is 23.5. The first-order valence-electron chi connectivity index (χ1n) is 11.2. The van der Waals surface area contributed by atoms with Crippen molar-refractivity contribution in [2.24, 2.45) is 29.6 Å². The van der Waals surface area contributed by atoms with Crippen molar-refractivity contribution in [3.05, 3.63) is 0 Å². The van der Waals surface area contributed by atoms with Gasteiger partial charge in [0.15, 0.2) is 12.4 Å². The third-order valence-electron chi connectivity index (χ3n) is 6.84. The molecule has 0 amide bonds. The summed E-state index contributed by atoms with van der Waals surface area (Å²) in [6.45, 7) is 14.5. The fourth-order valence-electron chi connectivity index (χ4n) is 4.91. The van der Waals surface area contributed by atoms with Gasteiger partial charge in [-0.25, -0.2) is 0 Å². The second-order valence-corrected chi connectivity index (χ2v) is 9.36. The van der Waals surface area contributed by atoms with Crippen LogP contribution in [-0.4, -0.2) is 55.2 Å². The van der Waals surface area contributed by atoms with Crippen LogP contribution in [-0.2, 0) is 38.1 Å². The Balaban J connectivity index is 2.28. The molecule has 4 unspecified atom stereocenters. The van der Waals surface area contributed by atoms with Gasteiger partial charge in [0.05, 0.1) is 6.10 Å². The van der Waals surface area contributed by atoms with Gasteiger partial charge < -0.3 is 23.7 Å². The summed E-state index contributed by atoms with van der Waals surface area (Å²) in [5.74, 6) is -0.158. The second-order valence-electron chi connectivity index (χ2n) is 9.36. The summed E-state index contributed by atoms with van der Waals surface area (Å²) in [6, 6.07) is 0. The average molecular weight is 443 g/mol. The van der Waals surface area contributed by atoms with E-state index in [1.807, 2.05) is 6.92 Å². The molecule has 8 nitrogen and oxygen atoms in total. The largest absolute Gasteiger partial charge is 0.463 e. The average Bonchev–Trinajstić information content (AvgIpc) is 2.66. The first-order valence-corrected chi connectivity index (χ1v) is 11.2.